The first-order valence-electron chi connectivity index (χ1n) is 6.46. The zero-order valence-electron chi connectivity index (χ0n) is 11.5. The van der Waals surface area contributed by atoms with Crippen LogP contribution in [-0.2, 0) is 9.53 Å². The van der Waals surface area contributed by atoms with E-state index in [-0.39, 0.29) is 18.4 Å². The summed E-state index contributed by atoms with van der Waals surface area (Å²) in [5.74, 6) is -1.26. The minimum atomic E-state index is -1.32. The minimum absolute atomic E-state index is 0.206. The van der Waals surface area contributed by atoms with E-state index < -0.39 is 17.4 Å². The van der Waals surface area contributed by atoms with Crippen molar-refractivity contribution in [2.75, 3.05) is 20.3 Å². The van der Waals surface area contributed by atoms with E-state index in [1.54, 1.807) is 12.1 Å². The summed E-state index contributed by atoms with van der Waals surface area (Å²) in [6.45, 7) is 0.582. The van der Waals surface area contributed by atoms with Gasteiger partial charge in [0.1, 0.15) is 11.3 Å². The molecule has 1 aliphatic heterocycles. The number of halogens is 1. The topological polar surface area (TPSA) is 84.9 Å². The van der Waals surface area contributed by atoms with E-state index in [1.165, 1.54) is 13.2 Å². The average Bonchev–Trinajstić information content (AvgIpc) is 2.48. The number of carboxylic acid groups (broad SMARTS) is 1. The predicted molar refractivity (Wildman–Crippen MR) is 75.9 cm³/mol. The average molecular weight is 314 g/mol. The monoisotopic (exact) mass is 313 g/mol. The van der Waals surface area contributed by atoms with E-state index in [1.807, 2.05) is 0 Å². The van der Waals surface area contributed by atoms with Crippen LogP contribution >= 0.6 is 11.6 Å². The zero-order chi connectivity index (χ0) is 15.5. The van der Waals surface area contributed by atoms with Gasteiger partial charge in [-0.25, -0.2) is 4.79 Å². The van der Waals surface area contributed by atoms with Crippen molar-refractivity contribution in [3.8, 4) is 5.75 Å². The Morgan fingerprint density at radius 2 is 2.05 bits per heavy atom. The van der Waals surface area contributed by atoms with Crippen LogP contribution in [0.4, 0.5) is 0 Å². The summed E-state index contributed by atoms with van der Waals surface area (Å²) in [6, 6.07) is 4.61. The van der Waals surface area contributed by atoms with Crippen LogP contribution in [0.25, 0.3) is 0 Å². The van der Waals surface area contributed by atoms with Crippen molar-refractivity contribution < 1.29 is 24.2 Å². The Hall–Kier alpha value is -1.79. The van der Waals surface area contributed by atoms with Crippen LogP contribution < -0.4 is 10.1 Å². The number of methoxy groups -OCH3 is 1. The molecule has 2 rings (SSSR count). The fourth-order valence-corrected chi connectivity index (χ4v) is 2.43. The van der Waals surface area contributed by atoms with Crippen LogP contribution in [0.15, 0.2) is 18.2 Å². The lowest BCUT2D eigenvalue weighted by Crippen LogP contribution is -2.57. The highest BCUT2D eigenvalue weighted by Crippen LogP contribution is 2.26. The lowest BCUT2D eigenvalue weighted by atomic mass is 9.89. The number of aliphatic carboxylic acids is 1. The molecule has 0 atom stereocenters. The molecule has 1 amide bonds. The molecule has 114 valence electrons. The van der Waals surface area contributed by atoms with Gasteiger partial charge in [0.25, 0.3) is 5.91 Å². The Balaban J connectivity index is 2.27. The van der Waals surface area contributed by atoms with Gasteiger partial charge in [-0.05, 0) is 18.2 Å². The quantitative estimate of drug-likeness (QED) is 0.884. The smallest absolute Gasteiger partial charge is 0.329 e. The molecule has 7 heteroatoms. The van der Waals surface area contributed by atoms with Gasteiger partial charge in [-0.2, -0.15) is 0 Å². The standard InChI is InChI=1S/C14H16ClNO5/c1-20-11-3-2-9(15)8-10(11)12(17)16-14(13(18)19)4-6-21-7-5-14/h2-3,8H,4-7H2,1H3,(H,16,17)(H,18,19). The lowest BCUT2D eigenvalue weighted by molar-refractivity contribution is -0.148. The maximum atomic E-state index is 12.4. The molecule has 1 fully saturated rings. The van der Waals surface area contributed by atoms with Crippen LogP contribution in [0.5, 0.6) is 5.75 Å². The van der Waals surface area contributed by atoms with Crippen molar-refractivity contribution in [2.24, 2.45) is 0 Å². The summed E-state index contributed by atoms with van der Waals surface area (Å²) >= 11 is 5.89. The molecule has 0 aromatic heterocycles. The maximum absolute atomic E-state index is 12.4. The molecule has 1 aromatic rings. The Kier molecular flexibility index (Phi) is 4.69. The minimum Gasteiger partial charge on any atom is -0.496 e. The number of amides is 1. The number of carbonyl (C=O) groups excluding carboxylic acids is 1. The van der Waals surface area contributed by atoms with Crippen molar-refractivity contribution in [1.29, 1.82) is 0 Å². The molecule has 0 aliphatic carbocycles. The van der Waals surface area contributed by atoms with E-state index in [4.69, 9.17) is 21.1 Å². The van der Waals surface area contributed by atoms with E-state index in [2.05, 4.69) is 5.32 Å². The van der Waals surface area contributed by atoms with Gasteiger partial charge in [-0.15, -0.1) is 0 Å². The Labute approximate surface area is 127 Å². The van der Waals surface area contributed by atoms with Gasteiger partial charge in [0.2, 0.25) is 0 Å². The Bertz CT molecular complexity index is 554. The van der Waals surface area contributed by atoms with Gasteiger partial charge in [-0.1, -0.05) is 11.6 Å². The first kappa shape index (κ1) is 15.6. The Morgan fingerprint density at radius 3 is 2.62 bits per heavy atom. The third-order valence-electron chi connectivity index (χ3n) is 3.51. The molecule has 0 spiro atoms. The van der Waals surface area contributed by atoms with Gasteiger partial charge in [-0.3, -0.25) is 4.79 Å². The number of benzene rings is 1. The lowest BCUT2D eigenvalue weighted by Gasteiger charge is -2.34. The predicted octanol–water partition coefficient (Wildman–Crippen LogP) is 1.71. The number of carbonyl (C=O) groups is 2. The van der Waals surface area contributed by atoms with Crippen LogP contribution in [-0.4, -0.2) is 42.8 Å². The summed E-state index contributed by atoms with van der Waals surface area (Å²) in [4.78, 5) is 23.9. The normalized spacial score (nSPS) is 17.0. The molecule has 0 saturated carbocycles. The molecule has 1 aromatic carbocycles. The molecule has 1 heterocycles. The molecule has 0 radical (unpaired) electrons. The summed E-state index contributed by atoms with van der Waals surface area (Å²) in [5, 5.41) is 12.4. The molecule has 1 saturated heterocycles. The maximum Gasteiger partial charge on any atom is 0.329 e. The van der Waals surface area contributed by atoms with Crippen molar-refractivity contribution in [3.63, 3.8) is 0 Å². The second-order valence-electron chi connectivity index (χ2n) is 4.80. The molecule has 21 heavy (non-hydrogen) atoms. The highest BCUT2D eigenvalue weighted by Gasteiger charge is 2.42. The highest BCUT2D eigenvalue weighted by atomic mass is 35.5. The number of nitrogens with one attached hydrogen (secondary N) is 1. The first-order chi connectivity index (χ1) is 9.98. The van der Waals surface area contributed by atoms with E-state index in [9.17, 15) is 14.7 Å². The van der Waals surface area contributed by atoms with Gasteiger partial charge in [0, 0.05) is 31.1 Å². The number of rotatable bonds is 4. The third kappa shape index (κ3) is 3.28. The molecular weight excluding hydrogens is 298 g/mol. The fraction of sp³-hybridized carbons (Fsp3) is 0.429. The van der Waals surface area contributed by atoms with Crippen LogP contribution in [0.1, 0.15) is 23.2 Å². The van der Waals surface area contributed by atoms with Gasteiger partial charge in [0.15, 0.2) is 0 Å². The molecule has 0 unspecified atom stereocenters. The number of carboxylic acids is 1. The second kappa shape index (κ2) is 6.32. The summed E-state index contributed by atoms with van der Waals surface area (Å²) in [6.07, 6.45) is 0.438. The molecule has 0 bridgehead atoms. The summed E-state index contributed by atoms with van der Waals surface area (Å²) in [5.41, 5.74) is -1.11. The van der Waals surface area contributed by atoms with Crippen molar-refractivity contribution in [3.05, 3.63) is 28.8 Å². The number of hydrogen-bond acceptors (Lipinski definition) is 4. The largest absolute Gasteiger partial charge is 0.496 e. The fourth-order valence-electron chi connectivity index (χ4n) is 2.25. The van der Waals surface area contributed by atoms with Crippen molar-refractivity contribution in [1.82, 2.24) is 5.32 Å². The third-order valence-corrected chi connectivity index (χ3v) is 3.75. The first-order valence-corrected chi connectivity index (χ1v) is 6.83. The van der Waals surface area contributed by atoms with Gasteiger partial charge in [0.05, 0.1) is 12.7 Å². The SMILES string of the molecule is COc1ccc(Cl)cc1C(=O)NC1(C(=O)O)CCOCC1. The molecule has 1 aliphatic rings. The summed E-state index contributed by atoms with van der Waals surface area (Å²) in [7, 11) is 1.43. The zero-order valence-corrected chi connectivity index (χ0v) is 12.3. The molecule has 2 N–H and O–H groups in total. The molecular formula is C14H16ClNO5. The van der Waals surface area contributed by atoms with Crippen molar-refractivity contribution in [2.45, 2.75) is 18.4 Å². The van der Waals surface area contributed by atoms with Crippen molar-refractivity contribution >= 4 is 23.5 Å². The van der Waals surface area contributed by atoms with E-state index in [0.717, 1.165) is 0 Å². The molecule has 6 nitrogen and oxygen atoms in total. The van der Waals surface area contributed by atoms with E-state index >= 15 is 0 Å². The second-order valence-corrected chi connectivity index (χ2v) is 5.23. The number of hydrogen-bond donors (Lipinski definition) is 2. The van der Waals surface area contributed by atoms with Crippen LogP contribution in [0, 0.1) is 0 Å². The van der Waals surface area contributed by atoms with Crippen LogP contribution in [0.3, 0.4) is 0 Å². The van der Waals surface area contributed by atoms with E-state index in [0.29, 0.717) is 24.0 Å². The van der Waals surface area contributed by atoms with Gasteiger partial charge >= 0.3 is 5.97 Å². The highest BCUT2D eigenvalue weighted by molar-refractivity contribution is 6.31. The Morgan fingerprint density at radius 1 is 1.38 bits per heavy atom. The van der Waals surface area contributed by atoms with Gasteiger partial charge < -0.3 is 19.9 Å². The summed E-state index contributed by atoms with van der Waals surface area (Å²) < 4.78 is 10.3. The van der Waals surface area contributed by atoms with Crippen LogP contribution in [0.2, 0.25) is 5.02 Å². The number of ether oxygens (including phenoxy) is 2.